The number of hydrazine groups is 1. The molecule has 2 aliphatic carbocycles. The van der Waals surface area contributed by atoms with E-state index in [0.717, 1.165) is 19.3 Å². The first kappa shape index (κ1) is 20.6. The maximum Gasteiger partial charge on any atom is 0.289 e. The van der Waals surface area contributed by atoms with Crippen molar-refractivity contribution in [1.82, 2.24) is 20.2 Å². The Morgan fingerprint density at radius 1 is 1.19 bits per heavy atom. The van der Waals surface area contributed by atoms with E-state index >= 15 is 0 Å². The molecule has 7 nitrogen and oxygen atoms in total. The number of likely N-dealkylation sites (N-methyl/N-ethyl adjacent to an activating group) is 1. The second-order valence-corrected chi connectivity index (χ2v) is 9.88. The lowest BCUT2D eigenvalue weighted by atomic mass is 9.66. The van der Waals surface area contributed by atoms with Crippen molar-refractivity contribution in [2.45, 2.75) is 76.5 Å². The predicted octanol–water partition coefficient (Wildman–Crippen LogP) is 3.01. The van der Waals surface area contributed by atoms with Crippen molar-refractivity contribution < 1.29 is 14.0 Å². The Balaban J connectivity index is 1.43. The van der Waals surface area contributed by atoms with Gasteiger partial charge in [0.05, 0.1) is 24.4 Å². The van der Waals surface area contributed by atoms with Crippen LogP contribution in [0.25, 0.3) is 0 Å². The highest BCUT2D eigenvalue weighted by Crippen LogP contribution is 2.46. The number of amides is 2. The van der Waals surface area contributed by atoms with Gasteiger partial charge in [-0.05, 0) is 75.0 Å². The zero-order chi connectivity index (χ0) is 21.7. The van der Waals surface area contributed by atoms with E-state index in [0.29, 0.717) is 30.2 Å². The Labute approximate surface area is 184 Å². The highest BCUT2D eigenvalue weighted by molar-refractivity contribution is 5.92. The number of furan rings is 1. The van der Waals surface area contributed by atoms with Crippen molar-refractivity contribution in [3.8, 4) is 0 Å². The molecule has 3 fully saturated rings. The highest BCUT2D eigenvalue weighted by Gasteiger charge is 2.49. The molecular weight excluding hydrogens is 392 g/mol. The van der Waals surface area contributed by atoms with Gasteiger partial charge in [0.1, 0.15) is 0 Å². The third kappa shape index (κ3) is 3.47. The summed E-state index contributed by atoms with van der Waals surface area (Å²) in [6.07, 6.45) is 10.4. The monoisotopic (exact) mass is 426 g/mol. The number of fused-ring (bicyclic) bond motifs is 2. The number of carbonyl (C=O) groups is 2. The summed E-state index contributed by atoms with van der Waals surface area (Å²) in [7, 11) is 2.14. The van der Waals surface area contributed by atoms with Crippen LogP contribution >= 0.6 is 0 Å². The summed E-state index contributed by atoms with van der Waals surface area (Å²) in [4.78, 5) is 29.9. The lowest BCUT2D eigenvalue weighted by molar-refractivity contribution is -0.142. The number of carbonyl (C=O) groups excluding carboxylic acids is 2. The fourth-order valence-corrected chi connectivity index (χ4v) is 6.94. The molecule has 31 heavy (non-hydrogen) atoms. The first-order chi connectivity index (χ1) is 15.0. The number of nitrogens with zero attached hydrogens (tertiary/aromatic N) is 3. The Kier molecular flexibility index (Phi) is 5.32. The summed E-state index contributed by atoms with van der Waals surface area (Å²) in [6, 6.07) is 4.12. The third-order valence-electron chi connectivity index (χ3n) is 8.14. The topological polar surface area (TPSA) is 69.0 Å². The van der Waals surface area contributed by atoms with Gasteiger partial charge in [-0.2, -0.15) is 0 Å². The van der Waals surface area contributed by atoms with Gasteiger partial charge in [0.2, 0.25) is 5.91 Å². The van der Waals surface area contributed by atoms with Gasteiger partial charge < -0.3 is 19.6 Å². The van der Waals surface area contributed by atoms with Crippen molar-refractivity contribution >= 4 is 11.8 Å². The summed E-state index contributed by atoms with van der Waals surface area (Å²) in [5, 5.41) is 2.27. The Morgan fingerprint density at radius 3 is 2.77 bits per heavy atom. The molecule has 0 spiro atoms. The maximum absolute atomic E-state index is 13.4. The van der Waals surface area contributed by atoms with Crippen LogP contribution in [0.4, 0.5) is 0 Å². The highest BCUT2D eigenvalue weighted by atomic mass is 16.3. The average molecular weight is 427 g/mol. The van der Waals surface area contributed by atoms with Crippen LogP contribution < -0.4 is 5.43 Å². The summed E-state index contributed by atoms with van der Waals surface area (Å²) in [6.45, 7) is 4.29. The van der Waals surface area contributed by atoms with Crippen molar-refractivity contribution in [2.75, 3.05) is 13.6 Å². The molecule has 4 aliphatic rings. The fraction of sp³-hybridized carbons (Fsp3) is 0.667. The molecule has 5 unspecified atom stereocenters. The maximum atomic E-state index is 13.4. The van der Waals surface area contributed by atoms with Crippen LogP contribution in [-0.4, -0.2) is 64.4 Å². The van der Waals surface area contributed by atoms with Gasteiger partial charge >= 0.3 is 0 Å². The van der Waals surface area contributed by atoms with E-state index in [2.05, 4.69) is 30.6 Å². The number of hydrogen-bond acceptors (Lipinski definition) is 5. The lowest BCUT2D eigenvalue weighted by Crippen LogP contribution is -2.67. The average Bonchev–Trinajstić information content (AvgIpc) is 3.42. The van der Waals surface area contributed by atoms with Crippen LogP contribution in [0.15, 0.2) is 34.6 Å². The van der Waals surface area contributed by atoms with Crippen molar-refractivity contribution in [1.29, 1.82) is 0 Å². The predicted molar refractivity (Wildman–Crippen MR) is 117 cm³/mol. The van der Waals surface area contributed by atoms with Crippen LogP contribution in [0.2, 0.25) is 0 Å². The van der Waals surface area contributed by atoms with Crippen LogP contribution in [0, 0.1) is 11.8 Å². The summed E-state index contributed by atoms with van der Waals surface area (Å²) < 4.78 is 5.46. The van der Waals surface area contributed by atoms with E-state index in [1.165, 1.54) is 24.8 Å². The van der Waals surface area contributed by atoms with Gasteiger partial charge in [0.25, 0.3) is 5.91 Å². The number of rotatable bonds is 2. The standard InChI is InChI=1S/C24H34N4O3/c1-15-14-27(24(30)22-8-5-11-31-22)21-12-17(9-10-20(21)28(15)16(2)29)19-7-4-6-18-13-25-26(3)23(18)19/h5,8,11,13,15,17,19-21,23,25H,4,6-7,9-10,12,14H2,1-3H3/t15-,17?,19?,20?,21?,23?/m0/s1. The van der Waals surface area contributed by atoms with E-state index < -0.39 is 0 Å². The van der Waals surface area contributed by atoms with Crippen molar-refractivity contribution in [3.63, 3.8) is 0 Å². The van der Waals surface area contributed by atoms with E-state index in [9.17, 15) is 9.59 Å². The normalized spacial score (nSPS) is 35.8. The smallest absolute Gasteiger partial charge is 0.289 e. The molecule has 2 aliphatic heterocycles. The molecule has 0 radical (unpaired) electrons. The quantitative estimate of drug-likeness (QED) is 0.787. The van der Waals surface area contributed by atoms with E-state index in [1.807, 2.05) is 9.80 Å². The minimum absolute atomic E-state index is 0.0172. The number of hydrogen-bond donors (Lipinski definition) is 1. The van der Waals surface area contributed by atoms with Crippen molar-refractivity contribution in [3.05, 3.63) is 35.9 Å². The van der Waals surface area contributed by atoms with Crippen LogP contribution in [0.1, 0.15) is 62.9 Å². The Bertz CT molecular complexity index is 866. The molecule has 5 rings (SSSR count). The molecule has 7 heteroatoms. The molecule has 1 N–H and O–H groups in total. The SMILES string of the molecule is CC(=O)N1C2CCC(C3CCCC4=CNN(C)C43)CC2N(C(=O)c2ccco2)C[C@@H]1C. The molecule has 1 aromatic rings. The molecule has 1 saturated heterocycles. The minimum Gasteiger partial charge on any atom is -0.459 e. The molecule has 3 heterocycles. The van der Waals surface area contributed by atoms with E-state index in [1.54, 1.807) is 25.3 Å². The fourth-order valence-electron chi connectivity index (χ4n) is 6.94. The van der Waals surface area contributed by atoms with Crippen LogP contribution in [0.5, 0.6) is 0 Å². The van der Waals surface area contributed by atoms with Gasteiger partial charge in [-0.1, -0.05) is 0 Å². The zero-order valence-corrected chi connectivity index (χ0v) is 18.8. The van der Waals surface area contributed by atoms with Gasteiger partial charge in [-0.15, -0.1) is 0 Å². The first-order valence-electron chi connectivity index (χ1n) is 11.8. The van der Waals surface area contributed by atoms with E-state index in [-0.39, 0.29) is 29.9 Å². The second kappa shape index (κ2) is 8.01. The molecular formula is C24H34N4O3. The molecule has 168 valence electrons. The lowest BCUT2D eigenvalue weighted by Gasteiger charge is -2.55. The summed E-state index contributed by atoms with van der Waals surface area (Å²) in [5.41, 5.74) is 4.92. The molecule has 0 bridgehead atoms. The molecule has 1 aromatic heterocycles. The van der Waals surface area contributed by atoms with E-state index in [4.69, 9.17) is 4.42 Å². The minimum atomic E-state index is -0.0421. The summed E-state index contributed by atoms with van der Waals surface area (Å²) in [5.74, 6) is 1.61. The largest absolute Gasteiger partial charge is 0.459 e. The molecule has 2 saturated carbocycles. The van der Waals surface area contributed by atoms with Gasteiger partial charge in [0.15, 0.2) is 5.76 Å². The third-order valence-corrected chi connectivity index (χ3v) is 8.14. The zero-order valence-electron chi connectivity index (χ0n) is 18.8. The van der Waals surface area contributed by atoms with Gasteiger partial charge in [-0.3, -0.25) is 9.59 Å². The number of piperazine rings is 1. The Hall–Kier alpha value is -2.28. The van der Waals surface area contributed by atoms with Gasteiger partial charge in [0, 0.05) is 32.8 Å². The van der Waals surface area contributed by atoms with Crippen LogP contribution in [-0.2, 0) is 4.79 Å². The first-order valence-corrected chi connectivity index (χ1v) is 11.8. The number of nitrogens with one attached hydrogen (secondary N) is 1. The van der Waals surface area contributed by atoms with Gasteiger partial charge in [-0.25, -0.2) is 5.01 Å². The molecule has 0 aromatic carbocycles. The second-order valence-electron chi connectivity index (χ2n) is 9.88. The Morgan fingerprint density at radius 2 is 2.03 bits per heavy atom. The van der Waals surface area contributed by atoms with Crippen molar-refractivity contribution in [2.24, 2.45) is 11.8 Å². The molecule has 2 amide bonds. The molecule has 6 atom stereocenters. The van der Waals surface area contributed by atoms with Crippen LogP contribution in [0.3, 0.4) is 0 Å². The summed E-state index contributed by atoms with van der Waals surface area (Å²) >= 11 is 0.